The van der Waals surface area contributed by atoms with E-state index >= 15 is 0 Å². The molecule has 0 bridgehead atoms. The first kappa shape index (κ1) is 16.7. The number of carbonyl (C=O) groups excluding carboxylic acids is 2. The van der Waals surface area contributed by atoms with E-state index in [1.807, 2.05) is 0 Å². The number of ether oxygens (including phenoxy) is 1. The van der Waals surface area contributed by atoms with E-state index in [0.717, 1.165) is 0 Å². The second-order valence-corrected chi connectivity index (χ2v) is 5.53. The van der Waals surface area contributed by atoms with Crippen LogP contribution in [0.15, 0.2) is 12.3 Å². The van der Waals surface area contributed by atoms with Gasteiger partial charge in [0.1, 0.15) is 17.3 Å². The normalized spacial score (nSPS) is 12.6. The number of nitrogens with zero attached hydrogens (tertiary/aromatic N) is 2. The predicted molar refractivity (Wildman–Crippen MR) is 72.6 cm³/mol. The zero-order valence-electron chi connectivity index (χ0n) is 12.4. The predicted octanol–water partition coefficient (Wildman–Crippen LogP) is 0.335. The first-order chi connectivity index (χ1) is 9.58. The largest absolute Gasteiger partial charge is 0.480 e. The Balaban J connectivity index is 2.68. The summed E-state index contributed by atoms with van der Waals surface area (Å²) in [6, 6.07) is 0.0798. The third kappa shape index (κ3) is 5.64. The molecule has 1 aromatic rings. The number of nitrogens with one attached hydrogen (secondary N) is 1. The number of carbonyl (C=O) groups is 3. The highest BCUT2D eigenvalue weighted by Gasteiger charge is 2.27. The van der Waals surface area contributed by atoms with Crippen LogP contribution in [0.5, 0.6) is 0 Å². The van der Waals surface area contributed by atoms with Crippen LogP contribution in [-0.4, -0.2) is 44.4 Å². The van der Waals surface area contributed by atoms with Gasteiger partial charge in [-0.3, -0.25) is 14.3 Å². The van der Waals surface area contributed by atoms with E-state index < -0.39 is 35.9 Å². The molecule has 2 N–H and O–H groups in total. The van der Waals surface area contributed by atoms with Crippen LogP contribution < -0.4 is 5.32 Å². The Morgan fingerprint density at radius 1 is 1.43 bits per heavy atom. The van der Waals surface area contributed by atoms with E-state index in [4.69, 9.17) is 9.84 Å². The Kier molecular flexibility index (Phi) is 5.07. The smallest absolute Gasteiger partial charge is 0.326 e. The second kappa shape index (κ2) is 6.38. The molecule has 0 aromatic carbocycles. The van der Waals surface area contributed by atoms with Crippen LogP contribution in [0.1, 0.15) is 37.7 Å². The van der Waals surface area contributed by atoms with Gasteiger partial charge in [0.15, 0.2) is 0 Å². The summed E-state index contributed by atoms with van der Waals surface area (Å²) >= 11 is 0. The zero-order valence-corrected chi connectivity index (χ0v) is 12.4. The van der Waals surface area contributed by atoms with Gasteiger partial charge in [-0.05, 0) is 26.8 Å². The standard InChI is InChI=1S/C13H19N3O5/c1-13(2,3)21-10(17)7-9(12(19)20)14-11(18)8-5-6-16(4)15-8/h5-6,9H,7H2,1-4H3,(H,14,18)(H,19,20)/t9-/m0/s1. The van der Waals surface area contributed by atoms with Crippen molar-refractivity contribution in [3.63, 3.8) is 0 Å². The molecule has 0 aliphatic heterocycles. The first-order valence-corrected chi connectivity index (χ1v) is 6.33. The molecule has 1 heterocycles. The van der Waals surface area contributed by atoms with Crippen molar-refractivity contribution in [3.8, 4) is 0 Å². The topological polar surface area (TPSA) is 111 Å². The van der Waals surface area contributed by atoms with Crippen molar-refractivity contribution in [2.24, 2.45) is 7.05 Å². The van der Waals surface area contributed by atoms with Gasteiger partial charge in [0, 0.05) is 13.2 Å². The van der Waals surface area contributed by atoms with E-state index in [0.29, 0.717) is 0 Å². The molecular formula is C13H19N3O5. The molecule has 21 heavy (non-hydrogen) atoms. The summed E-state index contributed by atoms with van der Waals surface area (Å²) in [6.07, 6.45) is 1.10. The Labute approximate surface area is 122 Å². The number of carboxylic acid groups (broad SMARTS) is 1. The van der Waals surface area contributed by atoms with Gasteiger partial charge in [-0.1, -0.05) is 0 Å². The van der Waals surface area contributed by atoms with Crippen LogP contribution in [0.25, 0.3) is 0 Å². The number of aryl methyl sites for hydroxylation is 1. The van der Waals surface area contributed by atoms with Gasteiger partial charge in [-0.25, -0.2) is 4.79 Å². The first-order valence-electron chi connectivity index (χ1n) is 6.33. The molecule has 0 radical (unpaired) electrons. The Morgan fingerprint density at radius 2 is 2.05 bits per heavy atom. The molecule has 0 aliphatic rings. The number of hydrogen-bond acceptors (Lipinski definition) is 5. The van der Waals surface area contributed by atoms with Gasteiger partial charge in [0.25, 0.3) is 5.91 Å². The fourth-order valence-electron chi connectivity index (χ4n) is 1.52. The molecule has 1 amide bonds. The van der Waals surface area contributed by atoms with E-state index in [1.165, 1.54) is 10.7 Å². The minimum absolute atomic E-state index is 0.0768. The number of rotatable bonds is 5. The SMILES string of the molecule is Cn1ccc(C(=O)N[C@@H](CC(=O)OC(C)(C)C)C(=O)O)n1. The van der Waals surface area contributed by atoms with E-state index in [2.05, 4.69) is 10.4 Å². The summed E-state index contributed by atoms with van der Waals surface area (Å²) < 4.78 is 6.45. The van der Waals surface area contributed by atoms with E-state index in [-0.39, 0.29) is 5.69 Å². The van der Waals surface area contributed by atoms with Crippen LogP contribution in [0, 0.1) is 0 Å². The molecule has 0 fully saturated rings. The fraction of sp³-hybridized carbons (Fsp3) is 0.538. The maximum Gasteiger partial charge on any atom is 0.326 e. The van der Waals surface area contributed by atoms with Crippen molar-refractivity contribution in [2.45, 2.75) is 38.8 Å². The quantitative estimate of drug-likeness (QED) is 0.758. The Bertz CT molecular complexity index is 544. The summed E-state index contributed by atoms with van der Waals surface area (Å²) in [5.41, 5.74) is -0.640. The molecule has 0 saturated heterocycles. The van der Waals surface area contributed by atoms with Gasteiger partial charge in [-0.15, -0.1) is 0 Å². The molecule has 8 heteroatoms. The third-order valence-corrected chi connectivity index (χ3v) is 2.34. The lowest BCUT2D eigenvalue weighted by molar-refractivity contribution is -0.158. The molecule has 8 nitrogen and oxygen atoms in total. The van der Waals surface area contributed by atoms with Crippen molar-refractivity contribution < 1.29 is 24.2 Å². The van der Waals surface area contributed by atoms with Gasteiger partial charge in [-0.2, -0.15) is 5.10 Å². The van der Waals surface area contributed by atoms with Crippen LogP contribution >= 0.6 is 0 Å². The molecule has 116 valence electrons. The Hall–Kier alpha value is -2.38. The minimum atomic E-state index is -1.37. The Morgan fingerprint density at radius 3 is 2.48 bits per heavy atom. The van der Waals surface area contributed by atoms with Crippen LogP contribution in [0.4, 0.5) is 0 Å². The number of esters is 1. The van der Waals surface area contributed by atoms with E-state index in [9.17, 15) is 14.4 Å². The van der Waals surface area contributed by atoms with Crippen molar-refractivity contribution in [1.29, 1.82) is 0 Å². The average Bonchev–Trinajstić information content (AvgIpc) is 2.72. The minimum Gasteiger partial charge on any atom is -0.480 e. The average molecular weight is 297 g/mol. The number of amides is 1. The summed E-state index contributed by atoms with van der Waals surface area (Å²) in [5.74, 6) is -2.67. The molecular weight excluding hydrogens is 278 g/mol. The molecule has 0 saturated carbocycles. The maximum atomic E-state index is 11.8. The molecule has 1 atom stereocenters. The van der Waals surface area contributed by atoms with Crippen LogP contribution in [-0.2, 0) is 21.4 Å². The monoisotopic (exact) mass is 297 g/mol. The molecule has 1 aromatic heterocycles. The summed E-state index contributed by atoms with van der Waals surface area (Å²) in [5, 5.41) is 15.2. The van der Waals surface area contributed by atoms with Crippen LogP contribution in [0.3, 0.4) is 0 Å². The summed E-state index contributed by atoms with van der Waals surface area (Å²) in [4.78, 5) is 34.6. The fourth-order valence-corrected chi connectivity index (χ4v) is 1.52. The number of hydrogen-bond donors (Lipinski definition) is 2. The third-order valence-electron chi connectivity index (χ3n) is 2.34. The highest BCUT2D eigenvalue weighted by atomic mass is 16.6. The zero-order chi connectivity index (χ0) is 16.2. The lowest BCUT2D eigenvalue weighted by Crippen LogP contribution is -2.43. The number of carboxylic acids is 1. The highest BCUT2D eigenvalue weighted by Crippen LogP contribution is 2.09. The number of aromatic nitrogens is 2. The number of aliphatic carboxylic acids is 1. The van der Waals surface area contributed by atoms with Crippen LogP contribution in [0.2, 0.25) is 0 Å². The molecule has 0 spiro atoms. The van der Waals surface area contributed by atoms with Gasteiger partial charge in [0.2, 0.25) is 0 Å². The van der Waals surface area contributed by atoms with Gasteiger partial charge >= 0.3 is 11.9 Å². The van der Waals surface area contributed by atoms with Gasteiger partial charge in [0.05, 0.1) is 6.42 Å². The molecule has 1 rings (SSSR count). The lowest BCUT2D eigenvalue weighted by atomic mass is 10.1. The highest BCUT2D eigenvalue weighted by molar-refractivity contribution is 5.95. The van der Waals surface area contributed by atoms with Crippen molar-refractivity contribution in [3.05, 3.63) is 18.0 Å². The van der Waals surface area contributed by atoms with Gasteiger partial charge < -0.3 is 15.2 Å². The van der Waals surface area contributed by atoms with E-state index in [1.54, 1.807) is 34.0 Å². The van der Waals surface area contributed by atoms with Crippen molar-refractivity contribution in [1.82, 2.24) is 15.1 Å². The van der Waals surface area contributed by atoms with Crippen molar-refractivity contribution in [2.75, 3.05) is 0 Å². The van der Waals surface area contributed by atoms with Crippen molar-refractivity contribution >= 4 is 17.8 Å². The second-order valence-electron chi connectivity index (χ2n) is 5.53. The molecule has 0 aliphatic carbocycles. The molecule has 0 unspecified atom stereocenters. The summed E-state index contributed by atoms with van der Waals surface area (Å²) in [7, 11) is 1.63. The lowest BCUT2D eigenvalue weighted by Gasteiger charge is -2.21. The summed E-state index contributed by atoms with van der Waals surface area (Å²) in [6.45, 7) is 5.02. The maximum absolute atomic E-state index is 11.8.